The van der Waals surface area contributed by atoms with Gasteiger partial charge in [0.25, 0.3) is 0 Å². The molecule has 1 heteroatoms. The summed E-state index contributed by atoms with van der Waals surface area (Å²) in [4.78, 5) is 2.40. The molecular formula is C23H25N. The first kappa shape index (κ1) is 16.3. The molecule has 122 valence electrons. The largest absolute Gasteiger partial charge is 0.337 e. The highest BCUT2D eigenvalue weighted by Gasteiger charge is 2.12. The third kappa shape index (κ3) is 3.68. The molecule has 0 aliphatic carbocycles. The van der Waals surface area contributed by atoms with Crippen LogP contribution in [0.4, 0.5) is 11.4 Å². The molecule has 1 nitrogen and oxygen atoms in total. The van der Waals surface area contributed by atoms with E-state index in [0.717, 1.165) is 6.54 Å². The molecular weight excluding hydrogens is 290 g/mol. The van der Waals surface area contributed by atoms with Crippen LogP contribution >= 0.6 is 0 Å². The van der Waals surface area contributed by atoms with Crippen LogP contribution in [0.5, 0.6) is 0 Å². The van der Waals surface area contributed by atoms with Crippen molar-refractivity contribution in [2.75, 3.05) is 4.90 Å². The minimum atomic E-state index is 0.868. The summed E-state index contributed by atoms with van der Waals surface area (Å²) < 4.78 is 0. The van der Waals surface area contributed by atoms with Crippen molar-refractivity contribution in [2.45, 2.75) is 34.2 Å². The van der Waals surface area contributed by atoms with E-state index in [0.29, 0.717) is 0 Å². The highest BCUT2D eigenvalue weighted by molar-refractivity contribution is 5.67. The molecule has 0 fully saturated rings. The molecule has 0 saturated heterocycles. The lowest BCUT2D eigenvalue weighted by molar-refractivity contribution is 0.966. The predicted molar refractivity (Wildman–Crippen MR) is 104 cm³/mol. The number of hydrogen-bond donors (Lipinski definition) is 0. The van der Waals surface area contributed by atoms with E-state index in [1.165, 1.54) is 39.2 Å². The zero-order valence-corrected chi connectivity index (χ0v) is 15.0. The molecule has 0 saturated carbocycles. The van der Waals surface area contributed by atoms with Gasteiger partial charge in [-0.2, -0.15) is 0 Å². The molecule has 0 unspecified atom stereocenters. The third-order valence-corrected chi connectivity index (χ3v) is 4.45. The lowest BCUT2D eigenvalue weighted by Gasteiger charge is -2.27. The Balaban J connectivity index is 2.02. The van der Waals surface area contributed by atoms with Crippen LogP contribution in [0.25, 0.3) is 0 Å². The van der Waals surface area contributed by atoms with Gasteiger partial charge < -0.3 is 4.90 Å². The van der Waals surface area contributed by atoms with Gasteiger partial charge in [-0.25, -0.2) is 0 Å². The van der Waals surface area contributed by atoms with E-state index in [2.05, 4.69) is 99.3 Å². The molecule has 0 aliphatic rings. The summed E-state index contributed by atoms with van der Waals surface area (Å²) in [6, 6.07) is 24.3. The first-order valence-electron chi connectivity index (χ1n) is 8.50. The SMILES string of the molecule is Cc1ccc(CN(c2ccc(C)cc2)c2ccc(C)cc2C)cc1. The van der Waals surface area contributed by atoms with Crippen molar-refractivity contribution < 1.29 is 0 Å². The highest BCUT2D eigenvalue weighted by atomic mass is 15.1. The van der Waals surface area contributed by atoms with Gasteiger partial charge in [0.2, 0.25) is 0 Å². The Morgan fingerprint density at radius 3 is 1.75 bits per heavy atom. The average molecular weight is 315 g/mol. The summed E-state index contributed by atoms with van der Waals surface area (Å²) in [6.07, 6.45) is 0. The standard InChI is InChI=1S/C23H25N/c1-17-5-10-21(11-6-17)16-24(22-12-7-18(2)8-13-22)23-14-9-19(3)15-20(23)4/h5-15H,16H2,1-4H3. The van der Waals surface area contributed by atoms with Crippen LogP contribution in [-0.2, 0) is 6.54 Å². The third-order valence-electron chi connectivity index (χ3n) is 4.45. The van der Waals surface area contributed by atoms with Crippen LogP contribution in [0, 0.1) is 27.7 Å². The lowest BCUT2D eigenvalue weighted by atomic mass is 10.1. The van der Waals surface area contributed by atoms with Gasteiger partial charge in [-0.3, -0.25) is 0 Å². The van der Waals surface area contributed by atoms with E-state index >= 15 is 0 Å². The van der Waals surface area contributed by atoms with E-state index in [9.17, 15) is 0 Å². The molecule has 3 aromatic rings. The molecule has 3 aromatic carbocycles. The summed E-state index contributed by atoms with van der Waals surface area (Å²) in [5, 5.41) is 0. The van der Waals surface area contributed by atoms with Gasteiger partial charge in [0.15, 0.2) is 0 Å². The second kappa shape index (κ2) is 6.92. The second-order valence-electron chi connectivity index (χ2n) is 6.70. The van der Waals surface area contributed by atoms with E-state index in [-0.39, 0.29) is 0 Å². The van der Waals surface area contributed by atoms with Crippen LogP contribution in [0.15, 0.2) is 66.7 Å². The lowest BCUT2D eigenvalue weighted by Crippen LogP contribution is -2.17. The summed E-state index contributed by atoms with van der Waals surface area (Å²) in [5.41, 5.74) is 9.01. The topological polar surface area (TPSA) is 3.24 Å². The first-order chi connectivity index (χ1) is 11.5. The number of hydrogen-bond acceptors (Lipinski definition) is 1. The van der Waals surface area contributed by atoms with Gasteiger partial charge in [0.05, 0.1) is 0 Å². The molecule has 0 radical (unpaired) electrons. The fourth-order valence-corrected chi connectivity index (χ4v) is 3.02. The maximum absolute atomic E-state index is 2.40. The maximum atomic E-state index is 2.40. The number of benzene rings is 3. The Labute approximate surface area is 145 Å². The van der Waals surface area contributed by atoms with Crippen molar-refractivity contribution in [2.24, 2.45) is 0 Å². The zero-order valence-electron chi connectivity index (χ0n) is 15.0. The maximum Gasteiger partial charge on any atom is 0.0481 e. The molecule has 0 aliphatic heterocycles. The van der Waals surface area contributed by atoms with Crippen molar-refractivity contribution in [1.29, 1.82) is 0 Å². The smallest absolute Gasteiger partial charge is 0.0481 e. The van der Waals surface area contributed by atoms with Crippen LogP contribution in [-0.4, -0.2) is 0 Å². The van der Waals surface area contributed by atoms with Crippen LogP contribution in [0.1, 0.15) is 27.8 Å². The van der Waals surface area contributed by atoms with E-state index in [1.54, 1.807) is 0 Å². The van der Waals surface area contributed by atoms with Crippen molar-refractivity contribution >= 4 is 11.4 Å². The monoisotopic (exact) mass is 315 g/mol. The molecule has 0 amide bonds. The minimum Gasteiger partial charge on any atom is -0.337 e. The summed E-state index contributed by atoms with van der Waals surface area (Å²) in [7, 11) is 0. The summed E-state index contributed by atoms with van der Waals surface area (Å²) in [6.45, 7) is 9.47. The van der Waals surface area contributed by atoms with Gasteiger partial charge in [0.1, 0.15) is 0 Å². The molecule has 0 heterocycles. The van der Waals surface area contributed by atoms with Crippen LogP contribution < -0.4 is 4.90 Å². The minimum absolute atomic E-state index is 0.868. The van der Waals surface area contributed by atoms with E-state index < -0.39 is 0 Å². The molecule has 0 bridgehead atoms. The number of nitrogens with zero attached hydrogens (tertiary/aromatic N) is 1. The fourth-order valence-electron chi connectivity index (χ4n) is 3.02. The van der Waals surface area contributed by atoms with Gasteiger partial charge in [-0.1, -0.05) is 65.2 Å². The van der Waals surface area contributed by atoms with E-state index in [1.807, 2.05) is 0 Å². The first-order valence-corrected chi connectivity index (χ1v) is 8.50. The van der Waals surface area contributed by atoms with Gasteiger partial charge in [-0.15, -0.1) is 0 Å². The van der Waals surface area contributed by atoms with Gasteiger partial charge >= 0.3 is 0 Å². The Kier molecular flexibility index (Phi) is 4.71. The van der Waals surface area contributed by atoms with Crippen molar-refractivity contribution in [3.05, 3.63) is 94.5 Å². The Morgan fingerprint density at radius 1 is 0.625 bits per heavy atom. The zero-order chi connectivity index (χ0) is 17.1. The molecule has 0 aromatic heterocycles. The van der Waals surface area contributed by atoms with Gasteiger partial charge in [-0.05, 0) is 57.0 Å². The second-order valence-corrected chi connectivity index (χ2v) is 6.70. The fraction of sp³-hybridized carbons (Fsp3) is 0.217. The molecule has 0 N–H and O–H groups in total. The Morgan fingerprint density at radius 2 is 1.17 bits per heavy atom. The van der Waals surface area contributed by atoms with E-state index in [4.69, 9.17) is 0 Å². The quantitative estimate of drug-likeness (QED) is 0.549. The van der Waals surface area contributed by atoms with Crippen LogP contribution in [0.2, 0.25) is 0 Å². The molecule has 0 atom stereocenters. The number of aryl methyl sites for hydroxylation is 4. The highest BCUT2D eigenvalue weighted by Crippen LogP contribution is 2.31. The van der Waals surface area contributed by atoms with Crippen molar-refractivity contribution in [1.82, 2.24) is 0 Å². The number of rotatable bonds is 4. The normalized spacial score (nSPS) is 10.7. The average Bonchev–Trinajstić information content (AvgIpc) is 2.56. The van der Waals surface area contributed by atoms with Crippen molar-refractivity contribution in [3.63, 3.8) is 0 Å². The Bertz CT molecular complexity index is 814. The molecule has 3 rings (SSSR count). The predicted octanol–water partition coefficient (Wildman–Crippen LogP) is 6.26. The summed E-state index contributed by atoms with van der Waals surface area (Å²) >= 11 is 0. The molecule has 24 heavy (non-hydrogen) atoms. The Hall–Kier alpha value is -2.54. The summed E-state index contributed by atoms with van der Waals surface area (Å²) in [5.74, 6) is 0. The van der Waals surface area contributed by atoms with Gasteiger partial charge in [0, 0.05) is 17.9 Å². The number of anilines is 2. The molecule has 0 spiro atoms. The van der Waals surface area contributed by atoms with Crippen molar-refractivity contribution in [3.8, 4) is 0 Å². The van der Waals surface area contributed by atoms with Crippen LogP contribution in [0.3, 0.4) is 0 Å².